The minimum atomic E-state index is -0.141. The molecular formula is C15H20INO2. The third kappa shape index (κ3) is 4.45. The van der Waals surface area contributed by atoms with Crippen LogP contribution in [0.2, 0.25) is 0 Å². The van der Waals surface area contributed by atoms with E-state index >= 15 is 0 Å². The fourth-order valence-corrected chi connectivity index (χ4v) is 3.00. The minimum absolute atomic E-state index is 0.141. The Bertz CT molecular complexity index is 413. The van der Waals surface area contributed by atoms with Crippen molar-refractivity contribution >= 4 is 28.6 Å². The fraction of sp³-hybridized carbons (Fsp3) is 0.533. The molecule has 1 saturated carbocycles. The van der Waals surface area contributed by atoms with Gasteiger partial charge in [0.2, 0.25) is 0 Å². The lowest BCUT2D eigenvalue weighted by molar-refractivity contribution is -0.142. The standard InChI is InChI=1S/C15H20INO2/c1-19-15(18)11-17(14-4-2-3-5-14)10-12-6-8-13(16)9-7-12/h6-9,14H,2-5,10-11H2,1H3. The number of hydrogen-bond donors (Lipinski definition) is 0. The number of carbonyl (C=O) groups is 1. The van der Waals surface area contributed by atoms with Crippen molar-refractivity contribution < 1.29 is 9.53 Å². The number of carbonyl (C=O) groups excluding carboxylic acids is 1. The van der Waals surface area contributed by atoms with E-state index in [0.717, 1.165) is 6.54 Å². The van der Waals surface area contributed by atoms with Crippen molar-refractivity contribution in [3.63, 3.8) is 0 Å². The van der Waals surface area contributed by atoms with Crippen LogP contribution in [0.4, 0.5) is 0 Å². The Hall–Kier alpha value is -0.620. The molecule has 2 rings (SSSR count). The van der Waals surface area contributed by atoms with Crippen LogP contribution in [0.3, 0.4) is 0 Å². The van der Waals surface area contributed by atoms with Crippen LogP contribution in [0.15, 0.2) is 24.3 Å². The molecule has 0 N–H and O–H groups in total. The van der Waals surface area contributed by atoms with Crippen LogP contribution in [0.1, 0.15) is 31.2 Å². The number of methoxy groups -OCH3 is 1. The molecule has 104 valence electrons. The quantitative estimate of drug-likeness (QED) is 0.587. The molecule has 1 aliphatic rings. The third-order valence-corrected chi connectivity index (χ3v) is 4.42. The van der Waals surface area contributed by atoms with Crippen LogP contribution in [-0.4, -0.2) is 30.6 Å². The Morgan fingerprint density at radius 3 is 2.53 bits per heavy atom. The number of esters is 1. The summed E-state index contributed by atoms with van der Waals surface area (Å²) >= 11 is 2.31. The van der Waals surface area contributed by atoms with Gasteiger partial charge < -0.3 is 4.74 Å². The van der Waals surface area contributed by atoms with E-state index in [0.29, 0.717) is 12.6 Å². The Kier molecular flexibility index (Phi) is 5.63. The second-order valence-electron chi connectivity index (χ2n) is 5.05. The number of ether oxygens (including phenoxy) is 1. The van der Waals surface area contributed by atoms with Crippen molar-refractivity contribution in [3.05, 3.63) is 33.4 Å². The van der Waals surface area contributed by atoms with E-state index in [1.807, 2.05) is 0 Å². The molecule has 19 heavy (non-hydrogen) atoms. The summed E-state index contributed by atoms with van der Waals surface area (Å²) in [6.07, 6.45) is 4.94. The first-order valence-electron chi connectivity index (χ1n) is 6.74. The Labute approximate surface area is 128 Å². The maximum Gasteiger partial charge on any atom is 0.319 e. The molecule has 1 aromatic rings. The molecule has 0 heterocycles. The highest BCUT2D eigenvalue weighted by molar-refractivity contribution is 14.1. The van der Waals surface area contributed by atoms with Crippen LogP contribution in [0, 0.1) is 3.57 Å². The molecule has 0 aliphatic heterocycles. The highest BCUT2D eigenvalue weighted by Gasteiger charge is 2.24. The molecule has 0 bridgehead atoms. The average Bonchev–Trinajstić information content (AvgIpc) is 2.94. The number of benzene rings is 1. The summed E-state index contributed by atoms with van der Waals surface area (Å²) in [7, 11) is 1.46. The first-order chi connectivity index (χ1) is 9.19. The van der Waals surface area contributed by atoms with Gasteiger partial charge in [0, 0.05) is 16.2 Å². The van der Waals surface area contributed by atoms with Crippen molar-refractivity contribution in [1.82, 2.24) is 4.90 Å². The van der Waals surface area contributed by atoms with E-state index in [2.05, 4.69) is 51.8 Å². The summed E-state index contributed by atoms with van der Waals surface area (Å²) < 4.78 is 6.05. The summed E-state index contributed by atoms with van der Waals surface area (Å²) in [6.45, 7) is 1.23. The highest BCUT2D eigenvalue weighted by Crippen LogP contribution is 2.25. The molecule has 0 radical (unpaired) electrons. The van der Waals surface area contributed by atoms with Crippen molar-refractivity contribution in [2.24, 2.45) is 0 Å². The van der Waals surface area contributed by atoms with Gasteiger partial charge in [-0.05, 0) is 53.1 Å². The van der Waals surface area contributed by atoms with Gasteiger partial charge in [0.05, 0.1) is 13.7 Å². The molecule has 1 fully saturated rings. The number of rotatable bonds is 5. The summed E-state index contributed by atoms with van der Waals surface area (Å²) in [5.41, 5.74) is 1.26. The van der Waals surface area contributed by atoms with E-state index in [1.54, 1.807) is 0 Å². The van der Waals surface area contributed by atoms with E-state index in [4.69, 9.17) is 4.74 Å². The van der Waals surface area contributed by atoms with Gasteiger partial charge in [0.1, 0.15) is 0 Å². The maximum absolute atomic E-state index is 11.6. The lowest BCUT2D eigenvalue weighted by Crippen LogP contribution is -2.37. The summed E-state index contributed by atoms with van der Waals surface area (Å²) in [6, 6.07) is 9.03. The lowest BCUT2D eigenvalue weighted by atomic mass is 10.1. The number of nitrogens with zero attached hydrogens (tertiary/aromatic N) is 1. The van der Waals surface area contributed by atoms with Gasteiger partial charge in [-0.25, -0.2) is 0 Å². The smallest absolute Gasteiger partial charge is 0.319 e. The van der Waals surface area contributed by atoms with Crippen LogP contribution in [-0.2, 0) is 16.1 Å². The summed E-state index contributed by atoms with van der Waals surface area (Å²) in [4.78, 5) is 13.8. The van der Waals surface area contributed by atoms with Crippen molar-refractivity contribution in [1.29, 1.82) is 0 Å². The second kappa shape index (κ2) is 7.24. The number of halogens is 1. The van der Waals surface area contributed by atoms with Crippen molar-refractivity contribution in [2.75, 3.05) is 13.7 Å². The molecule has 4 heteroatoms. The zero-order valence-corrected chi connectivity index (χ0v) is 13.4. The Morgan fingerprint density at radius 2 is 1.95 bits per heavy atom. The van der Waals surface area contributed by atoms with E-state index in [1.165, 1.54) is 41.9 Å². The van der Waals surface area contributed by atoms with Gasteiger partial charge in [-0.1, -0.05) is 25.0 Å². The molecule has 0 spiro atoms. The zero-order valence-electron chi connectivity index (χ0n) is 11.3. The van der Waals surface area contributed by atoms with Crippen molar-refractivity contribution in [3.8, 4) is 0 Å². The SMILES string of the molecule is COC(=O)CN(Cc1ccc(I)cc1)C1CCCC1. The summed E-state index contributed by atoms with van der Waals surface area (Å²) in [5.74, 6) is -0.141. The molecule has 0 unspecified atom stereocenters. The Morgan fingerprint density at radius 1 is 1.32 bits per heavy atom. The minimum Gasteiger partial charge on any atom is -0.468 e. The van der Waals surface area contributed by atoms with Crippen molar-refractivity contribution in [2.45, 2.75) is 38.3 Å². The first-order valence-corrected chi connectivity index (χ1v) is 7.82. The van der Waals surface area contributed by atoms with Gasteiger partial charge in [-0.2, -0.15) is 0 Å². The number of hydrogen-bond acceptors (Lipinski definition) is 3. The molecule has 0 saturated heterocycles. The largest absolute Gasteiger partial charge is 0.468 e. The Balaban J connectivity index is 2.03. The second-order valence-corrected chi connectivity index (χ2v) is 6.29. The summed E-state index contributed by atoms with van der Waals surface area (Å²) in [5, 5.41) is 0. The van der Waals surface area contributed by atoms with Gasteiger partial charge >= 0.3 is 5.97 Å². The highest BCUT2D eigenvalue weighted by atomic mass is 127. The molecule has 1 aromatic carbocycles. The first kappa shape index (κ1) is 14.8. The van der Waals surface area contributed by atoms with Gasteiger partial charge in [-0.3, -0.25) is 9.69 Å². The van der Waals surface area contributed by atoms with Gasteiger partial charge in [-0.15, -0.1) is 0 Å². The average molecular weight is 373 g/mol. The molecule has 3 nitrogen and oxygen atoms in total. The van der Waals surface area contributed by atoms with E-state index < -0.39 is 0 Å². The van der Waals surface area contributed by atoms with Gasteiger partial charge in [0.25, 0.3) is 0 Å². The van der Waals surface area contributed by atoms with Crippen LogP contribution in [0.25, 0.3) is 0 Å². The molecule has 0 atom stereocenters. The lowest BCUT2D eigenvalue weighted by Gasteiger charge is -2.27. The van der Waals surface area contributed by atoms with Crippen LogP contribution in [0.5, 0.6) is 0 Å². The fourth-order valence-electron chi connectivity index (χ4n) is 2.64. The predicted octanol–water partition coefficient (Wildman–Crippen LogP) is 3.21. The van der Waals surface area contributed by atoms with Crippen LogP contribution < -0.4 is 0 Å². The monoisotopic (exact) mass is 373 g/mol. The topological polar surface area (TPSA) is 29.5 Å². The third-order valence-electron chi connectivity index (χ3n) is 3.70. The van der Waals surface area contributed by atoms with E-state index in [-0.39, 0.29) is 5.97 Å². The van der Waals surface area contributed by atoms with Gasteiger partial charge in [0.15, 0.2) is 0 Å². The molecule has 0 aromatic heterocycles. The normalized spacial score (nSPS) is 15.9. The van der Waals surface area contributed by atoms with E-state index in [9.17, 15) is 4.79 Å². The molecule has 0 amide bonds. The zero-order chi connectivity index (χ0) is 13.7. The predicted molar refractivity (Wildman–Crippen MR) is 83.8 cm³/mol. The molecule has 1 aliphatic carbocycles. The molecular weight excluding hydrogens is 353 g/mol. The maximum atomic E-state index is 11.6. The van der Waals surface area contributed by atoms with Crippen LogP contribution >= 0.6 is 22.6 Å².